The van der Waals surface area contributed by atoms with Gasteiger partial charge in [0, 0.05) is 23.2 Å². The van der Waals surface area contributed by atoms with Crippen molar-refractivity contribution in [3.8, 4) is 5.75 Å². The number of methoxy groups -OCH3 is 1. The number of ether oxygens (including phenoxy) is 1. The predicted molar refractivity (Wildman–Crippen MR) is 99.1 cm³/mol. The lowest BCUT2D eigenvalue weighted by atomic mass is 10.1. The highest BCUT2D eigenvalue weighted by Gasteiger charge is 2.17. The number of aryl methyl sites for hydroxylation is 1. The largest absolute Gasteiger partial charge is 0.496 e. The first kappa shape index (κ1) is 18.3. The normalized spacial score (nSPS) is 10.2. The van der Waals surface area contributed by atoms with E-state index in [2.05, 4.69) is 26.6 Å². The molecule has 0 radical (unpaired) electrons. The number of carbonyl (C=O) groups is 2. The SMILES string of the molecule is COc1cc(NC(C)=O)c(Cl)cc1C(=O)Nc1ccc(Br)c(C)c1. The molecule has 0 bridgehead atoms. The molecule has 0 saturated carbocycles. The molecule has 2 rings (SSSR count). The van der Waals surface area contributed by atoms with Crippen LogP contribution in [0, 0.1) is 6.92 Å². The maximum absolute atomic E-state index is 12.5. The molecule has 2 amide bonds. The van der Waals surface area contributed by atoms with Gasteiger partial charge in [-0.15, -0.1) is 0 Å². The molecule has 7 heteroatoms. The number of amides is 2. The van der Waals surface area contributed by atoms with E-state index in [1.54, 1.807) is 6.07 Å². The van der Waals surface area contributed by atoms with Crippen molar-refractivity contribution in [3.05, 3.63) is 51.0 Å². The highest BCUT2D eigenvalue weighted by molar-refractivity contribution is 9.10. The molecule has 0 aliphatic rings. The van der Waals surface area contributed by atoms with Gasteiger partial charge in [-0.3, -0.25) is 9.59 Å². The molecule has 0 aromatic heterocycles. The van der Waals surface area contributed by atoms with Crippen molar-refractivity contribution < 1.29 is 14.3 Å². The number of carbonyl (C=O) groups excluding carboxylic acids is 2. The molecular formula is C17H16BrClN2O3. The Balaban J connectivity index is 2.32. The Labute approximate surface area is 153 Å². The van der Waals surface area contributed by atoms with E-state index in [1.807, 2.05) is 19.1 Å². The van der Waals surface area contributed by atoms with E-state index in [1.165, 1.54) is 26.2 Å². The van der Waals surface area contributed by atoms with Gasteiger partial charge in [0.2, 0.25) is 5.91 Å². The van der Waals surface area contributed by atoms with Crippen molar-refractivity contribution in [3.63, 3.8) is 0 Å². The van der Waals surface area contributed by atoms with E-state index in [-0.39, 0.29) is 22.4 Å². The van der Waals surface area contributed by atoms with Crippen LogP contribution in [0.25, 0.3) is 0 Å². The third-order valence-corrected chi connectivity index (χ3v) is 4.46. The first-order valence-corrected chi connectivity index (χ1v) is 8.21. The molecule has 2 aromatic rings. The van der Waals surface area contributed by atoms with Crippen molar-refractivity contribution in [2.75, 3.05) is 17.7 Å². The van der Waals surface area contributed by atoms with Crippen LogP contribution in [0.3, 0.4) is 0 Å². The summed E-state index contributed by atoms with van der Waals surface area (Å²) in [5.74, 6) is -0.305. The van der Waals surface area contributed by atoms with Crippen LogP contribution in [-0.4, -0.2) is 18.9 Å². The van der Waals surface area contributed by atoms with Crippen LogP contribution < -0.4 is 15.4 Å². The van der Waals surface area contributed by atoms with Gasteiger partial charge in [-0.05, 0) is 36.8 Å². The second-order valence-corrected chi connectivity index (χ2v) is 6.39. The van der Waals surface area contributed by atoms with Crippen LogP contribution in [0.4, 0.5) is 11.4 Å². The van der Waals surface area contributed by atoms with Gasteiger partial charge in [-0.1, -0.05) is 27.5 Å². The number of benzene rings is 2. The van der Waals surface area contributed by atoms with Gasteiger partial charge >= 0.3 is 0 Å². The Bertz CT molecular complexity index is 809. The molecule has 5 nitrogen and oxygen atoms in total. The summed E-state index contributed by atoms with van der Waals surface area (Å²) in [6, 6.07) is 8.48. The average Bonchev–Trinajstić information content (AvgIpc) is 2.52. The number of nitrogens with one attached hydrogen (secondary N) is 2. The quantitative estimate of drug-likeness (QED) is 0.771. The second-order valence-electron chi connectivity index (χ2n) is 5.13. The summed E-state index contributed by atoms with van der Waals surface area (Å²) in [6.07, 6.45) is 0. The lowest BCUT2D eigenvalue weighted by Crippen LogP contribution is -2.14. The molecule has 2 N–H and O–H groups in total. The van der Waals surface area contributed by atoms with Crippen molar-refractivity contribution in [1.82, 2.24) is 0 Å². The number of anilines is 2. The Morgan fingerprint density at radius 3 is 2.46 bits per heavy atom. The molecule has 0 saturated heterocycles. The highest BCUT2D eigenvalue weighted by atomic mass is 79.9. The van der Waals surface area contributed by atoms with Crippen LogP contribution in [0.15, 0.2) is 34.8 Å². The molecule has 0 aliphatic carbocycles. The Morgan fingerprint density at radius 2 is 1.88 bits per heavy atom. The fourth-order valence-corrected chi connectivity index (χ4v) is 2.56. The molecular weight excluding hydrogens is 396 g/mol. The van der Waals surface area contributed by atoms with Gasteiger partial charge in [0.15, 0.2) is 0 Å². The number of rotatable bonds is 4. The third kappa shape index (κ3) is 4.27. The minimum absolute atomic E-state index is 0.253. The number of hydrogen-bond donors (Lipinski definition) is 2. The van der Waals surface area contributed by atoms with Gasteiger partial charge in [-0.25, -0.2) is 0 Å². The van der Waals surface area contributed by atoms with Crippen LogP contribution >= 0.6 is 27.5 Å². The van der Waals surface area contributed by atoms with E-state index in [9.17, 15) is 9.59 Å². The van der Waals surface area contributed by atoms with Crippen molar-refractivity contribution in [2.45, 2.75) is 13.8 Å². The fourth-order valence-electron chi connectivity index (χ4n) is 2.11. The fraction of sp³-hybridized carbons (Fsp3) is 0.176. The molecule has 0 fully saturated rings. The first-order chi connectivity index (χ1) is 11.3. The minimum Gasteiger partial charge on any atom is -0.496 e. The van der Waals surface area contributed by atoms with Crippen LogP contribution in [0.1, 0.15) is 22.8 Å². The summed E-state index contributed by atoms with van der Waals surface area (Å²) in [5, 5.41) is 5.65. The average molecular weight is 412 g/mol. The zero-order chi connectivity index (χ0) is 17.9. The lowest BCUT2D eigenvalue weighted by molar-refractivity contribution is -0.114. The Kier molecular flexibility index (Phi) is 5.85. The zero-order valence-electron chi connectivity index (χ0n) is 13.4. The maximum atomic E-state index is 12.5. The monoisotopic (exact) mass is 410 g/mol. The summed E-state index contributed by atoms with van der Waals surface area (Å²) in [7, 11) is 1.45. The Hall–Kier alpha value is -2.05. The van der Waals surface area contributed by atoms with E-state index >= 15 is 0 Å². The molecule has 24 heavy (non-hydrogen) atoms. The van der Waals surface area contributed by atoms with E-state index < -0.39 is 0 Å². The number of hydrogen-bond acceptors (Lipinski definition) is 3. The molecule has 0 atom stereocenters. The van der Waals surface area contributed by atoms with Crippen LogP contribution in [0.5, 0.6) is 5.75 Å². The zero-order valence-corrected chi connectivity index (χ0v) is 15.7. The van der Waals surface area contributed by atoms with Gasteiger partial charge in [-0.2, -0.15) is 0 Å². The van der Waals surface area contributed by atoms with E-state index in [0.29, 0.717) is 17.1 Å². The van der Waals surface area contributed by atoms with Gasteiger partial charge in [0.05, 0.1) is 23.4 Å². The molecule has 2 aromatic carbocycles. The molecule has 0 spiro atoms. The van der Waals surface area contributed by atoms with E-state index in [4.69, 9.17) is 16.3 Å². The topological polar surface area (TPSA) is 67.4 Å². The van der Waals surface area contributed by atoms with Gasteiger partial charge < -0.3 is 15.4 Å². The molecule has 0 heterocycles. The molecule has 0 unspecified atom stereocenters. The van der Waals surface area contributed by atoms with E-state index in [0.717, 1.165) is 10.0 Å². The first-order valence-electron chi connectivity index (χ1n) is 7.04. The summed E-state index contributed by atoms with van der Waals surface area (Å²) in [4.78, 5) is 23.7. The third-order valence-electron chi connectivity index (χ3n) is 3.26. The number of halogens is 2. The lowest BCUT2D eigenvalue weighted by Gasteiger charge is -2.13. The summed E-state index contributed by atoms with van der Waals surface area (Å²) >= 11 is 9.55. The minimum atomic E-state index is -0.357. The summed E-state index contributed by atoms with van der Waals surface area (Å²) in [6.45, 7) is 3.30. The van der Waals surface area contributed by atoms with Gasteiger partial charge in [0.1, 0.15) is 5.75 Å². The van der Waals surface area contributed by atoms with Crippen LogP contribution in [0.2, 0.25) is 5.02 Å². The highest BCUT2D eigenvalue weighted by Crippen LogP contribution is 2.31. The smallest absolute Gasteiger partial charge is 0.259 e. The van der Waals surface area contributed by atoms with Gasteiger partial charge in [0.25, 0.3) is 5.91 Å². The standard InChI is InChI=1S/C17H16BrClN2O3/c1-9-6-11(4-5-13(9)18)21-17(23)12-7-14(19)15(20-10(2)22)8-16(12)24-3/h4-8H,1-3H3,(H,20,22)(H,21,23). The van der Waals surface area contributed by atoms with Crippen LogP contribution in [-0.2, 0) is 4.79 Å². The van der Waals surface area contributed by atoms with Crippen molar-refractivity contribution in [2.24, 2.45) is 0 Å². The second kappa shape index (κ2) is 7.68. The van der Waals surface area contributed by atoms with Crippen molar-refractivity contribution in [1.29, 1.82) is 0 Å². The predicted octanol–water partition coefficient (Wildman–Crippen LogP) is 4.63. The summed E-state index contributed by atoms with van der Waals surface area (Å²) in [5.41, 5.74) is 2.32. The summed E-state index contributed by atoms with van der Waals surface area (Å²) < 4.78 is 6.21. The Morgan fingerprint density at radius 1 is 1.17 bits per heavy atom. The molecule has 126 valence electrons. The van der Waals surface area contributed by atoms with Crippen molar-refractivity contribution >= 4 is 50.7 Å². The maximum Gasteiger partial charge on any atom is 0.259 e. The molecule has 0 aliphatic heterocycles.